The molecule has 5 nitrogen and oxygen atoms in total. The van der Waals surface area contributed by atoms with Crippen LogP contribution in [0.15, 0.2) is 24.3 Å². The van der Waals surface area contributed by atoms with E-state index in [1.165, 1.54) is 18.4 Å². The zero-order valence-electron chi connectivity index (χ0n) is 13.9. The summed E-state index contributed by atoms with van der Waals surface area (Å²) in [5.41, 5.74) is 1.24. The third-order valence-electron chi connectivity index (χ3n) is 4.53. The molecular weight excluding hydrogens is 290 g/mol. The van der Waals surface area contributed by atoms with Gasteiger partial charge in [-0.1, -0.05) is 12.1 Å². The molecule has 1 heterocycles. The van der Waals surface area contributed by atoms with Gasteiger partial charge >= 0.3 is 6.03 Å². The molecule has 1 unspecified atom stereocenters. The molecular formula is C18H27N3O2. The molecule has 1 aromatic carbocycles. The molecule has 1 saturated heterocycles. The van der Waals surface area contributed by atoms with Gasteiger partial charge in [0.15, 0.2) is 0 Å². The molecule has 126 valence electrons. The SMILES string of the molecule is CCOc1ccc(C(CNC(=O)NC2CC2)N2CCCC2)cc1. The number of nitrogens with one attached hydrogen (secondary N) is 2. The molecule has 0 spiro atoms. The minimum atomic E-state index is -0.0392. The van der Waals surface area contributed by atoms with Crippen LogP contribution in [0.4, 0.5) is 4.79 Å². The Kier molecular flexibility index (Phi) is 5.39. The summed E-state index contributed by atoms with van der Waals surface area (Å²) in [6.45, 7) is 5.52. The first kappa shape index (κ1) is 16.1. The number of benzene rings is 1. The minimum Gasteiger partial charge on any atom is -0.494 e. The number of hydrogen-bond donors (Lipinski definition) is 2. The van der Waals surface area contributed by atoms with Gasteiger partial charge < -0.3 is 15.4 Å². The first-order valence-electron chi connectivity index (χ1n) is 8.77. The molecule has 1 aliphatic carbocycles. The second kappa shape index (κ2) is 7.68. The Morgan fingerprint density at radius 3 is 2.57 bits per heavy atom. The van der Waals surface area contributed by atoms with E-state index in [2.05, 4.69) is 27.7 Å². The van der Waals surface area contributed by atoms with Gasteiger partial charge in [-0.25, -0.2) is 4.79 Å². The predicted molar refractivity (Wildman–Crippen MR) is 90.7 cm³/mol. The molecule has 0 radical (unpaired) electrons. The number of ether oxygens (including phenoxy) is 1. The van der Waals surface area contributed by atoms with Crippen molar-refractivity contribution < 1.29 is 9.53 Å². The van der Waals surface area contributed by atoms with Gasteiger partial charge in [-0.05, 0) is 63.4 Å². The van der Waals surface area contributed by atoms with Crippen LogP contribution in [0.1, 0.15) is 44.2 Å². The summed E-state index contributed by atoms with van der Waals surface area (Å²) >= 11 is 0. The van der Waals surface area contributed by atoms with Crippen molar-refractivity contribution in [3.8, 4) is 5.75 Å². The molecule has 3 rings (SSSR count). The van der Waals surface area contributed by atoms with Crippen LogP contribution in [-0.4, -0.2) is 43.2 Å². The Morgan fingerprint density at radius 2 is 1.96 bits per heavy atom. The second-order valence-electron chi connectivity index (χ2n) is 6.39. The van der Waals surface area contributed by atoms with E-state index in [9.17, 15) is 4.79 Å². The maximum atomic E-state index is 11.9. The number of amides is 2. The molecule has 2 N–H and O–H groups in total. The van der Waals surface area contributed by atoms with E-state index in [1.54, 1.807) is 0 Å². The Balaban J connectivity index is 1.63. The lowest BCUT2D eigenvalue weighted by atomic mass is 10.1. The lowest BCUT2D eigenvalue weighted by Gasteiger charge is -2.28. The average Bonchev–Trinajstić information content (AvgIpc) is 3.20. The number of urea groups is 1. The number of hydrogen-bond acceptors (Lipinski definition) is 3. The van der Waals surface area contributed by atoms with Gasteiger partial charge in [0.25, 0.3) is 0 Å². The van der Waals surface area contributed by atoms with Crippen LogP contribution in [0.2, 0.25) is 0 Å². The first-order chi connectivity index (χ1) is 11.3. The van der Waals surface area contributed by atoms with E-state index in [1.807, 2.05) is 19.1 Å². The summed E-state index contributed by atoms with van der Waals surface area (Å²) in [5.74, 6) is 0.899. The summed E-state index contributed by atoms with van der Waals surface area (Å²) < 4.78 is 5.52. The fraction of sp³-hybridized carbons (Fsp3) is 0.611. The molecule has 1 saturated carbocycles. The minimum absolute atomic E-state index is 0.0392. The van der Waals surface area contributed by atoms with E-state index in [0.29, 0.717) is 19.2 Å². The molecule has 2 amide bonds. The molecule has 2 fully saturated rings. The van der Waals surface area contributed by atoms with Gasteiger partial charge in [0.2, 0.25) is 0 Å². The van der Waals surface area contributed by atoms with Gasteiger partial charge in [-0.15, -0.1) is 0 Å². The van der Waals surface area contributed by atoms with Gasteiger partial charge in [0, 0.05) is 12.6 Å². The summed E-state index contributed by atoms with van der Waals surface area (Å²) in [6.07, 6.45) is 4.70. The summed E-state index contributed by atoms with van der Waals surface area (Å²) in [7, 11) is 0. The van der Waals surface area contributed by atoms with E-state index in [4.69, 9.17) is 4.74 Å². The maximum absolute atomic E-state index is 11.9. The zero-order chi connectivity index (χ0) is 16.1. The van der Waals surface area contributed by atoms with E-state index >= 15 is 0 Å². The Hall–Kier alpha value is -1.75. The van der Waals surface area contributed by atoms with Crippen molar-refractivity contribution in [2.75, 3.05) is 26.2 Å². The van der Waals surface area contributed by atoms with Crippen molar-refractivity contribution in [3.05, 3.63) is 29.8 Å². The van der Waals surface area contributed by atoms with E-state index in [-0.39, 0.29) is 12.1 Å². The highest BCUT2D eigenvalue weighted by Gasteiger charge is 2.26. The Labute approximate surface area is 138 Å². The van der Waals surface area contributed by atoms with Crippen LogP contribution in [0.25, 0.3) is 0 Å². The van der Waals surface area contributed by atoms with Crippen LogP contribution >= 0.6 is 0 Å². The normalized spacial score (nSPS) is 19.3. The third-order valence-corrected chi connectivity index (χ3v) is 4.53. The lowest BCUT2D eigenvalue weighted by molar-refractivity contribution is 0.220. The number of likely N-dealkylation sites (tertiary alicyclic amines) is 1. The van der Waals surface area contributed by atoms with E-state index < -0.39 is 0 Å². The highest BCUT2D eigenvalue weighted by molar-refractivity contribution is 5.74. The molecule has 1 aliphatic heterocycles. The predicted octanol–water partition coefficient (Wildman–Crippen LogP) is 2.68. The smallest absolute Gasteiger partial charge is 0.315 e. The number of rotatable bonds is 7. The van der Waals surface area contributed by atoms with Crippen molar-refractivity contribution in [2.24, 2.45) is 0 Å². The zero-order valence-corrected chi connectivity index (χ0v) is 13.9. The highest BCUT2D eigenvalue weighted by Crippen LogP contribution is 2.26. The van der Waals surface area contributed by atoms with Crippen molar-refractivity contribution >= 4 is 6.03 Å². The van der Waals surface area contributed by atoms with Gasteiger partial charge in [-0.3, -0.25) is 4.90 Å². The third kappa shape index (κ3) is 4.61. The first-order valence-corrected chi connectivity index (χ1v) is 8.77. The number of nitrogens with zero attached hydrogens (tertiary/aromatic N) is 1. The Bertz CT molecular complexity index is 508. The van der Waals surface area contributed by atoms with Crippen LogP contribution in [0.5, 0.6) is 5.75 Å². The topological polar surface area (TPSA) is 53.6 Å². The van der Waals surface area contributed by atoms with Crippen molar-refractivity contribution in [3.63, 3.8) is 0 Å². The lowest BCUT2D eigenvalue weighted by Crippen LogP contribution is -2.42. The largest absolute Gasteiger partial charge is 0.494 e. The fourth-order valence-corrected chi connectivity index (χ4v) is 3.12. The van der Waals surface area contributed by atoms with Crippen LogP contribution in [0, 0.1) is 0 Å². The molecule has 2 aliphatic rings. The molecule has 5 heteroatoms. The van der Waals surface area contributed by atoms with Crippen molar-refractivity contribution in [1.29, 1.82) is 0 Å². The average molecular weight is 317 g/mol. The summed E-state index contributed by atoms with van der Waals surface area (Å²) in [4.78, 5) is 14.4. The van der Waals surface area contributed by atoms with Crippen LogP contribution < -0.4 is 15.4 Å². The maximum Gasteiger partial charge on any atom is 0.315 e. The van der Waals surface area contributed by atoms with E-state index in [0.717, 1.165) is 31.7 Å². The van der Waals surface area contributed by atoms with Crippen LogP contribution in [-0.2, 0) is 0 Å². The molecule has 1 atom stereocenters. The summed E-state index contributed by atoms with van der Waals surface area (Å²) in [5, 5.41) is 6.03. The number of carbonyl (C=O) groups is 1. The van der Waals surface area contributed by atoms with Crippen molar-refractivity contribution in [2.45, 2.75) is 44.7 Å². The monoisotopic (exact) mass is 317 g/mol. The fourth-order valence-electron chi connectivity index (χ4n) is 3.12. The van der Waals surface area contributed by atoms with Crippen LogP contribution in [0.3, 0.4) is 0 Å². The van der Waals surface area contributed by atoms with Gasteiger partial charge in [-0.2, -0.15) is 0 Å². The standard InChI is InChI=1S/C18H27N3O2/c1-2-23-16-9-5-14(6-10-16)17(21-11-3-4-12-21)13-19-18(22)20-15-7-8-15/h5-6,9-10,15,17H,2-4,7-8,11-13H2,1H3,(H2,19,20,22). The molecule has 1 aromatic rings. The number of carbonyl (C=O) groups excluding carboxylic acids is 1. The quantitative estimate of drug-likeness (QED) is 0.813. The summed E-state index contributed by atoms with van der Waals surface area (Å²) in [6, 6.07) is 8.87. The molecule has 23 heavy (non-hydrogen) atoms. The molecule has 0 aromatic heterocycles. The highest BCUT2D eigenvalue weighted by atomic mass is 16.5. The molecule has 0 bridgehead atoms. The van der Waals surface area contributed by atoms with Gasteiger partial charge in [0.1, 0.15) is 5.75 Å². The van der Waals surface area contributed by atoms with Crippen molar-refractivity contribution in [1.82, 2.24) is 15.5 Å². The Morgan fingerprint density at radius 1 is 1.26 bits per heavy atom. The second-order valence-corrected chi connectivity index (χ2v) is 6.39. The van der Waals surface area contributed by atoms with Gasteiger partial charge in [0.05, 0.1) is 12.6 Å².